The molecule has 6 nitrogen and oxygen atoms in total. The van der Waals surface area contributed by atoms with E-state index in [4.69, 9.17) is 11.6 Å². The Balaban J connectivity index is 1.48. The molecular formula is C23H25ClN4O2. The predicted molar refractivity (Wildman–Crippen MR) is 122 cm³/mol. The van der Waals surface area contributed by atoms with E-state index < -0.39 is 0 Å². The van der Waals surface area contributed by atoms with Crippen molar-refractivity contribution in [2.45, 2.75) is 39.2 Å². The number of piperidine rings is 1. The monoisotopic (exact) mass is 424 g/mol. The highest BCUT2D eigenvalue weighted by Gasteiger charge is 2.16. The first-order valence-corrected chi connectivity index (χ1v) is 10.7. The van der Waals surface area contributed by atoms with Crippen molar-refractivity contribution in [1.29, 1.82) is 0 Å². The molecule has 0 aliphatic carbocycles. The van der Waals surface area contributed by atoms with Crippen molar-refractivity contribution in [2.24, 2.45) is 0 Å². The average molecular weight is 425 g/mol. The average Bonchev–Trinajstić information content (AvgIpc) is 2.74. The van der Waals surface area contributed by atoms with Crippen molar-refractivity contribution in [3.63, 3.8) is 0 Å². The number of carbonyl (C=O) groups excluding carboxylic acids is 1. The maximum absolute atomic E-state index is 12.7. The van der Waals surface area contributed by atoms with E-state index in [1.54, 1.807) is 12.1 Å². The standard InChI is InChI=1S/C23H25ClN4O2/c1-16-6-5-7-18-22(16)25-15-28(23(18)30)13-10-21(29)26-19-14-17(24)8-9-20(19)27-11-3-2-4-12-27/h5-9,14-15H,2-4,10-13H2,1H3,(H,26,29). The fourth-order valence-corrected chi connectivity index (χ4v) is 4.12. The van der Waals surface area contributed by atoms with E-state index in [9.17, 15) is 9.59 Å². The van der Waals surface area contributed by atoms with Crippen LogP contribution in [-0.2, 0) is 11.3 Å². The first-order valence-electron chi connectivity index (χ1n) is 10.3. The number of aryl methyl sites for hydroxylation is 2. The van der Waals surface area contributed by atoms with E-state index >= 15 is 0 Å². The van der Waals surface area contributed by atoms with Gasteiger partial charge in [-0.05, 0) is 56.0 Å². The minimum atomic E-state index is -0.160. The van der Waals surface area contributed by atoms with Gasteiger partial charge in [0.15, 0.2) is 0 Å². The summed E-state index contributed by atoms with van der Waals surface area (Å²) in [6.07, 6.45) is 5.22. The topological polar surface area (TPSA) is 67.2 Å². The smallest absolute Gasteiger partial charge is 0.261 e. The number of anilines is 2. The van der Waals surface area contributed by atoms with E-state index in [1.807, 2.05) is 31.2 Å². The quantitative estimate of drug-likeness (QED) is 0.660. The van der Waals surface area contributed by atoms with Crippen LogP contribution < -0.4 is 15.8 Å². The van der Waals surface area contributed by atoms with Crippen molar-refractivity contribution in [3.8, 4) is 0 Å². The number of aromatic nitrogens is 2. The summed E-state index contributed by atoms with van der Waals surface area (Å²) in [4.78, 5) is 32.1. The van der Waals surface area contributed by atoms with Crippen molar-refractivity contribution in [3.05, 3.63) is 63.7 Å². The lowest BCUT2D eigenvalue weighted by atomic mass is 10.1. The third-order valence-corrected chi connectivity index (χ3v) is 5.80. The van der Waals surface area contributed by atoms with Gasteiger partial charge in [0.1, 0.15) is 0 Å². The SMILES string of the molecule is Cc1cccc2c(=O)n(CCC(=O)Nc3cc(Cl)ccc3N3CCCCC3)cnc12. The van der Waals surface area contributed by atoms with Crippen LogP contribution in [0.1, 0.15) is 31.2 Å². The molecule has 1 aliphatic rings. The predicted octanol–water partition coefficient (Wildman–Crippen LogP) is 4.38. The highest BCUT2D eigenvalue weighted by molar-refractivity contribution is 6.31. The summed E-state index contributed by atoms with van der Waals surface area (Å²) in [5, 5.41) is 4.13. The fraction of sp³-hybridized carbons (Fsp3) is 0.348. The third-order valence-electron chi connectivity index (χ3n) is 5.56. The Bertz CT molecular complexity index is 1140. The number of amides is 1. The van der Waals surface area contributed by atoms with Gasteiger partial charge in [-0.3, -0.25) is 14.2 Å². The minimum Gasteiger partial charge on any atom is -0.370 e. The van der Waals surface area contributed by atoms with Gasteiger partial charge in [0.2, 0.25) is 5.91 Å². The molecule has 0 spiro atoms. The first-order chi connectivity index (χ1) is 14.5. The van der Waals surface area contributed by atoms with Crippen LogP contribution in [0.25, 0.3) is 10.9 Å². The van der Waals surface area contributed by atoms with Crippen molar-refractivity contribution >= 4 is 39.8 Å². The van der Waals surface area contributed by atoms with Gasteiger partial charge >= 0.3 is 0 Å². The van der Waals surface area contributed by atoms with Crippen LogP contribution in [0.3, 0.4) is 0 Å². The highest BCUT2D eigenvalue weighted by atomic mass is 35.5. The van der Waals surface area contributed by atoms with E-state index in [2.05, 4.69) is 15.2 Å². The molecule has 0 bridgehead atoms. The molecule has 2 aromatic carbocycles. The largest absolute Gasteiger partial charge is 0.370 e. The summed E-state index contributed by atoms with van der Waals surface area (Å²) in [6.45, 7) is 4.14. The Morgan fingerprint density at radius 1 is 1.17 bits per heavy atom. The van der Waals surface area contributed by atoms with Gasteiger partial charge in [0.05, 0.1) is 28.6 Å². The molecule has 1 N–H and O–H groups in total. The number of nitrogens with one attached hydrogen (secondary N) is 1. The molecule has 0 saturated carbocycles. The molecule has 1 amide bonds. The van der Waals surface area contributed by atoms with Gasteiger partial charge in [-0.1, -0.05) is 23.7 Å². The van der Waals surface area contributed by atoms with E-state index in [0.717, 1.165) is 37.2 Å². The van der Waals surface area contributed by atoms with Gasteiger partial charge in [0.25, 0.3) is 5.56 Å². The van der Waals surface area contributed by atoms with Gasteiger partial charge in [0, 0.05) is 31.1 Å². The van der Waals surface area contributed by atoms with E-state index in [1.165, 1.54) is 17.3 Å². The molecular weight excluding hydrogens is 400 g/mol. The van der Waals surface area contributed by atoms with E-state index in [-0.39, 0.29) is 24.4 Å². The lowest BCUT2D eigenvalue weighted by molar-refractivity contribution is -0.116. The molecule has 0 atom stereocenters. The lowest BCUT2D eigenvalue weighted by Gasteiger charge is -2.30. The number of rotatable bonds is 5. The summed E-state index contributed by atoms with van der Waals surface area (Å²) < 4.78 is 1.49. The number of fused-ring (bicyclic) bond motifs is 1. The van der Waals surface area contributed by atoms with Crippen molar-refractivity contribution in [1.82, 2.24) is 9.55 Å². The van der Waals surface area contributed by atoms with Crippen LogP contribution in [0.4, 0.5) is 11.4 Å². The van der Waals surface area contributed by atoms with Crippen LogP contribution >= 0.6 is 11.6 Å². The van der Waals surface area contributed by atoms with E-state index in [0.29, 0.717) is 21.6 Å². The molecule has 0 unspecified atom stereocenters. The fourth-order valence-electron chi connectivity index (χ4n) is 3.95. The summed E-state index contributed by atoms with van der Waals surface area (Å²) in [7, 11) is 0. The Labute approximate surface area is 180 Å². The zero-order valence-electron chi connectivity index (χ0n) is 17.0. The summed E-state index contributed by atoms with van der Waals surface area (Å²) in [6, 6.07) is 11.1. The van der Waals surface area contributed by atoms with Crippen molar-refractivity contribution in [2.75, 3.05) is 23.3 Å². The van der Waals surface area contributed by atoms with Crippen LogP contribution in [0, 0.1) is 6.92 Å². The summed E-state index contributed by atoms with van der Waals surface area (Å²) in [5.41, 5.74) is 3.24. The number of halogens is 1. The van der Waals surface area contributed by atoms with Gasteiger partial charge < -0.3 is 10.2 Å². The van der Waals surface area contributed by atoms with Crippen LogP contribution in [0.5, 0.6) is 0 Å². The third kappa shape index (κ3) is 4.33. The van der Waals surface area contributed by atoms with Gasteiger partial charge in [-0.2, -0.15) is 0 Å². The number of nitrogens with zero attached hydrogens (tertiary/aromatic N) is 3. The van der Waals surface area contributed by atoms with Crippen LogP contribution in [-0.4, -0.2) is 28.5 Å². The molecule has 30 heavy (non-hydrogen) atoms. The molecule has 156 valence electrons. The molecule has 2 heterocycles. The van der Waals surface area contributed by atoms with Gasteiger partial charge in [-0.25, -0.2) is 4.98 Å². The van der Waals surface area contributed by atoms with Crippen molar-refractivity contribution < 1.29 is 4.79 Å². The molecule has 3 aromatic rings. The zero-order valence-corrected chi connectivity index (χ0v) is 17.8. The van der Waals surface area contributed by atoms with Crippen LogP contribution in [0.15, 0.2) is 47.5 Å². The number of hydrogen-bond donors (Lipinski definition) is 1. The van der Waals surface area contributed by atoms with Gasteiger partial charge in [-0.15, -0.1) is 0 Å². The second-order valence-corrected chi connectivity index (χ2v) is 8.16. The summed E-state index contributed by atoms with van der Waals surface area (Å²) >= 11 is 6.18. The molecule has 1 saturated heterocycles. The maximum Gasteiger partial charge on any atom is 0.261 e. The molecule has 0 radical (unpaired) electrons. The minimum absolute atomic E-state index is 0.131. The Morgan fingerprint density at radius 3 is 2.77 bits per heavy atom. The molecule has 4 rings (SSSR count). The Kier molecular flexibility index (Phi) is 6.04. The van der Waals surface area contributed by atoms with Crippen LogP contribution in [0.2, 0.25) is 5.02 Å². The zero-order chi connectivity index (χ0) is 21.1. The second kappa shape index (κ2) is 8.88. The molecule has 7 heteroatoms. The number of para-hydroxylation sites is 1. The first kappa shape index (κ1) is 20.4. The Morgan fingerprint density at radius 2 is 1.97 bits per heavy atom. The number of benzene rings is 2. The lowest BCUT2D eigenvalue weighted by Crippen LogP contribution is -2.30. The number of carbonyl (C=O) groups is 1. The highest BCUT2D eigenvalue weighted by Crippen LogP contribution is 2.31. The molecule has 1 fully saturated rings. The summed E-state index contributed by atoms with van der Waals surface area (Å²) in [5.74, 6) is -0.160. The normalized spacial score (nSPS) is 14.1. The maximum atomic E-state index is 12.7. The Hall–Kier alpha value is -2.86. The molecule has 1 aromatic heterocycles. The number of hydrogen-bond acceptors (Lipinski definition) is 4. The molecule has 1 aliphatic heterocycles. The second-order valence-electron chi connectivity index (χ2n) is 7.72.